The van der Waals surface area contributed by atoms with Gasteiger partial charge in [-0.15, -0.1) is 0 Å². The average molecular weight is 344 g/mol. The third-order valence-electron chi connectivity index (χ3n) is 3.49. The van der Waals surface area contributed by atoms with Crippen molar-refractivity contribution in [1.29, 1.82) is 0 Å². The van der Waals surface area contributed by atoms with Gasteiger partial charge in [-0.25, -0.2) is 4.79 Å². The smallest absolute Gasteiger partial charge is 0.340 e. The van der Waals surface area contributed by atoms with E-state index >= 15 is 0 Å². The summed E-state index contributed by atoms with van der Waals surface area (Å²) in [6, 6.07) is 8.87. The Labute approximate surface area is 145 Å². The fourth-order valence-electron chi connectivity index (χ4n) is 2.08. The van der Waals surface area contributed by atoms with Crippen LogP contribution >= 0.6 is 0 Å². The number of methoxy groups -OCH3 is 2. The number of hydrogen-bond acceptors (Lipinski definition) is 6. The van der Waals surface area contributed by atoms with Gasteiger partial charge in [-0.1, -0.05) is 12.1 Å². The molecule has 0 aliphatic rings. The Bertz CT molecular complexity index is 748. The van der Waals surface area contributed by atoms with Gasteiger partial charge in [-0.3, -0.25) is 9.78 Å². The number of carbonyl (C=O) groups excluding carboxylic acids is 2. The minimum Gasteiger partial charge on any atom is -0.497 e. The summed E-state index contributed by atoms with van der Waals surface area (Å²) < 4.78 is 15.4. The number of benzene rings is 1. The van der Waals surface area contributed by atoms with Crippen LogP contribution in [-0.2, 0) is 20.9 Å². The lowest BCUT2D eigenvalue weighted by atomic mass is 10.2. The van der Waals surface area contributed by atoms with Gasteiger partial charge in [0.1, 0.15) is 11.9 Å². The summed E-state index contributed by atoms with van der Waals surface area (Å²) in [6.07, 6.45) is 2.11. The zero-order valence-corrected chi connectivity index (χ0v) is 14.3. The maximum atomic E-state index is 12.3. The predicted molar refractivity (Wildman–Crippen MR) is 91.5 cm³/mol. The molecule has 0 bridgehead atoms. The summed E-state index contributed by atoms with van der Waals surface area (Å²) in [5.74, 6) is -0.222. The van der Waals surface area contributed by atoms with Crippen molar-refractivity contribution in [2.75, 3.05) is 19.5 Å². The van der Waals surface area contributed by atoms with E-state index in [-0.39, 0.29) is 23.8 Å². The summed E-state index contributed by atoms with van der Waals surface area (Å²) in [6.45, 7) is 1.88. The Kier molecular flexibility index (Phi) is 6.47. The Morgan fingerprint density at radius 1 is 1.24 bits per heavy atom. The molecule has 1 N–H and O–H groups in total. The van der Waals surface area contributed by atoms with Gasteiger partial charge < -0.3 is 19.5 Å². The second-order valence-electron chi connectivity index (χ2n) is 5.21. The number of hydrogen-bond donors (Lipinski definition) is 1. The van der Waals surface area contributed by atoms with Gasteiger partial charge in [-0.2, -0.15) is 0 Å². The highest BCUT2D eigenvalue weighted by atomic mass is 16.5. The number of nitrogens with one attached hydrogen (secondary N) is 1. The van der Waals surface area contributed by atoms with E-state index in [1.165, 1.54) is 25.6 Å². The first-order valence-electron chi connectivity index (χ1n) is 7.63. The summed E-state index contributed by atoms with van der Waals surface area (Å²) in [5.41, 5.74) is 1.39. The molecule has 0 fully saturated rings. The van der Waals surface area contributed by atoms with Crippen LogP contribution in [0, 0.1) is 0 Å². The lowest BCUT2D eigenvalue weighted by Crippen LogP contribution is -2.28. The number of esters is 1. The van der Waals surface area contributed by atoms with E-state index in [1.807, 2.05) is 24.3 Å². The van der Waals surface area contributed by atoms with Crippen molar-refractivity contribution in [2.24, 2.45) is 0 Å². The third kappa shape index (κ3) is 5.02. The number of pyridine rings is 1. The van der Waals surface area contributed by atoms with Crippen LogP contribution in [0.15, 0.2) is 42.7 Å². The van der Waals surface area contributed by atoms with E-state index in [1.54, 1.807) is 14.0 Å². The van der Waals surface area contributed by atoms with E-state index in [4.69, 9.17) is 9.47 Å². The van der Waals surface area contributed by atoms with Gasteiger partial charge in [0.2, 0.25) is 0 Å². The first-order chi connectivity index (χ1) is 12.0. The average Bonchev–Trinajstić information content (AvgIpc) is 2.66. The molecule has 7 nitrogen and oxygen atoms in total. The van der Waals surface area contributed by atoms with E-state index in [0.717, 1.165) is 11.3 Å². The van der Waals surface area contributed by atoms with Crippen molar-refractivity contribution in [2.45, 2.75) is 19.6 Å². The van der Waals surface area contributed by atoms with Crippen molar-refractivity contribution in [1.82, 2.24) is 4.98 Å². The van der Waals surface area contributed by atoms with Crippen LogP contribution in [0.3, 0.4) is 0 Å². The molecule has 0 saturated heterocycles. The summed E-state index contributed by atoms with van der Waals surface area (Å²) in [5, 5.41) is 2.63. The number of aromatic nitrogens is 1. The number of carbonyl (C=O) groups is 2. The summed E-state index contributed by atoms with van der Waals surface area (Å²) in [4.78, 5) is 27.9. The number of anilines is 1. The van der Waals surface area contributed by atoms with Crippen LogP contribution in [0.1, 0.15) is 22.8 Å². The first-order valence-corrected chi connectivity index (χ1v) is 7.63. The SMILES string of the molecule is COC(=O)c1ccncc1NC(=O)C(C)OCc1cccc(OC)c1. The maximum absolute atomic E-state index is 12.3. The molecule has 0 radical (unpaired) electrons. The molecule has 0 spiro atoms. The Morgan fingerprint density at radius 2 is 2.04 bits per heavy atom. The van der Waals surface area contributed by atoms with Crippen molar-refractivity contribution in [3.63, 3.8) is 0 Å². The van der Waals surface area contributed by atoms with Crippen LogP contribution in [0.2, 0.25) is 0 Å². The predicted octanol–water partition coefficient (Wildman–Crippen LogP) is 2.42. The minimum atomic E-state index is -0.725. The van der Waals surface area contributed by atoms with Crippen LogP contribution in [0.5, 0.6) is 5.75 Å². The largest absolute Gasteiger partial charge is 0.497 e. The molecule has 0 aliphatic carbocycles. The highest BCUT2D eigenvalue weighted by molar-refractivity contribution is 6.02. The minimum absolute atomic E-state index is 0.228. The maximum Gasteiger partial charge on any atom is 0.340 e. The van der Waals surface area contributed by atoms with Crippen molar-refractivity contribution in [3.8, 4) is 5.75 Å². The molecule has 1 unspecified atom stereocenters. The normalized spacial score (nSPS) is 11.5. The second-order valence-corrected chi connectivity index (χ2v) is 5.21. The van der Waals surface area contributed by atoms with E-state index in [2.05, 4.69) is 15.0 Å². The molecule has 1 aromatic heterocycles. The lowest BCUT2D eigenvalue weighted by molar-refractivity contribution is -0.127. The lowest BCUT2D eigenvalue weighted by Gasteiger charge is -2.15. The molecule has 25 heavy (non-hydrogen) atoms. The van der Waals surface area contributed by atoms with Crippen LogP contribution < -0.4 is 10.1 Å². The van der Waals surface area contributed by atoms with E-state index < -0.39 is 12.1 Å². The highest BCUT2D eigenvalue weighted by Gasteiger charge is 2.18. The summed E-state index contributed by atoms with van der Waals surface area (Å²) >= 11 is 0. The van der Waals surface area contributed by atoms with Crippen LogP contribution in [-0.4, -0.2) is 37.2 Å². The van der Waals surface area contributed by atoms with Crippen LogP contribution in [0.4, 0.5) is 5.69 Å². The van der Waals surface area contributed by atoms with Gasteiger partial charge in [0.15, 0.2) is 0 Å². The molecule has 1 amide bonds. The van der Waals surface area contributed by atoms with Gasteiger partial charge in [0.25, 0.3) is 5.91 Å². The topological polar surface area (TPSA) is 86.8 Å². The standard InChI is InChI=1S/C18H20N2O5/c1-12(25-11-13-5-4-6-14(9-13)23-2)17(21)20-16-10-19-8-7-15(16)18(22)24-3/h4-10,12H,11H2,1-3H3,(H,20,21). The van der Waals surface area contributed by atoms with Crippen molar-refractivity contribution in [3.05, 3.63) is 53.9 Å². The third-order valence-corrected chi connectivity index (χ3v) is 3.49. The van der Waals surface area contributed by atoms with Crippen molar-refractivity contribution < 1.29 is 23.8 Å². The Morgan fingerprint density at radius 3 is 2.76 bits per heavy atom. The molecular weight excluding hydrogens is 324 g/mol. The van der Waals surface area contributed by atoms with E-state index in [0.29, 0.717) is 0 Å². The van der Waals surface area contributed by atoms with Crippen molar-refractivity contribution >= 4 is 17.6 Å². The molecule has 0 aliphatic heterocycles. The van der Waals surface area contributed by atoms with E-state index in [9.17, 15) is 9.59 Å². The second kappa shape index (κ2) is 8.79. The molecule has 2 aromatic rings. The molecule has 2 rings (SSSR count). The number of nitrogens with zero attached hydrogens (tertiary/aromatic N) is 1. The fourth-order valence-corrected chi connectivity index (χ4v) is 2.08. The Balaban J connectivity index is 1.97. The fraction of sp³-hybridized carbons (Fsp3) is 0.278. The molecule has 132 valence electrons. The van der Waals surface area contributed by atoms with Gasteiger partial charge in [0, 0.05) is 6.20 Å². The molecule has 1 atom stereocenters. The Hall–Kier alpha value is -2.93. The van der Waals surface area contributed by atoms with Gasteiger partial charge in [-0.05, 0) is 30.7 Å². The number of rotatable bonds is 7. The van der Waals surface area contributed by atoms with Gasteiger partial charge >= 0.3 is 5.97 Å². The molecular formula is C18H20N2O5. The zero-order chi connectivity index (χ0) is 18.2. The zero-order valence-electron chi connectivity index (χ0n) is 14.3. The monoisotopic (exact) mass is 344 g/mol. The number of ether oxygens (including phenoxy) is 3. The number of amides is 1. The highest BCUT2D eigenvalue weighted by Crippen LogP contribution is 2.16. The molecule has 1 heterocycles. The summed E-state index contributed by atoms with van der Waals surface area (Å²) in [7, 11) is 2.86. The molecule has 1 aromatic carbocycles. The quantitative estimate of drug-likeness (QED) is 0.776. The first kappa shape index (κ1) is 18.4. The molecule has 0 saturated carbocycles. The molecule has 7 heteroatoms. The van der Waals surface area contributed by atoms with Crippen LogP contribution in [0.25, 0.3) is 0 Å². The van der Waals surface area contributed by atoms with Gasteiger partial charge in [0.05, 0.1) is 38.3 Å².